The van der Waals surface area contributed by atoms with Gasteiger partial charge in [-0.3, -0.25) is 0 Å². The van der Waals surface area contributed by atoms with E-state index in [0.717, 1.165) is 11.2 Å². The summed E-state index contributed by atoms with van der Waals surface area (Å²) in [7, 11) is 0. The first-order valence-corrected chi connectivity index (χ1v) is 4.07. The van der Waals surface area contributed by atoms with Crippen molar-refractivity contribution in [3.05, 3.63) is 21.9 Å². The van der Waals surface area contributed by atoms with E-state index in [4.69, 9.17) is 0 Å². The minimum absolute atomic E-state index is 0.0682. The van der Waals surface area contributed by atoms with Crippen molar-refractivity contribution in [1.82, 2.24) is 0 Å². The van der Waals surface area contributed by atoms with Crippen molar-refractivity contribution in [2.45, 2.75) is 19.8 Å². The fourth-order valence-corrected chi connectivity index (χ4v) is 1.65. The summed E-state index contributed by atoms with van der Waals surface area (Å²) < 4.78 is 0. The molecule has 54 valence electrons. The number of hydrogen-bond donors (Lipinski definition) is 0. The van der Waals surface area contributed by atoms with Gasteiger partial charge >= 0.3 is 0 Å². The van der Waals surface area contributed by atoms with Crippen molar-refractivity contribution >= 4 is 17.6 Å². The van der Waals surface area contributed by atoms with Gasteiger partial charge in [-0.15, -0.1) is 11.3 Å². The molecule has 0 amide bonds. The molecule has 1 heterocycles. The number of carbonyl (C=O) groups is 1. The van der Waals surface area contributed by atoms with Crippen LogP contribution in [-0.4, -0.2) is 6.29 Å². The monoisotopic (exact) mass is 154 g/mol. The van der Waals surface area contributed by atoms with Crippen LogP contribution in [0.1, 0.15) is 22.6 Å². The van der Waals surface area contributed by atoms with Crippen LogP contribution < -0.4 is 0 Å². The van der Waals surface area contributed by atoms with Gasteiger partial charge in [-0.2, -0.15) is 0 Å². The standard InChI is InChI=1S/C8H10OS/c1-6(5-9)8-4-3-7(2)10-8/h3-6H,1-2H3. The van der Waals surface area contributed by atoms with E-state index in [1.165, 1.54) is 4.88 Å². The van der Waals surface area contributed by atoms with Crippen molar-refractivity contribution in [2.75, 3.05) is 0 Å². The topological polar surface area (TPSA) is 17.1 Å². The molecule has 1 aromatic rings. The van der Waals surface area contributed by atoms with Crippen LogP contribution in [0.4, 0.5) is 0 Å². The zero-order valence-electron chi connectivity index (χ0n) is 6.13. The molecule has 0 spiro atoms. The SMILES string of the molecule is Cc1ccc(C(C)C=O)s1. The minimum Gasteiger partial charge on any atom is -0.303 e. The van der Waals surface area contributed by atoms with Gasteiger partial charge in [-0.1, -0.05) is 6.92 Å². The average Bonchev–Trinajstić information content (AvgIpc) is 2.34. The van der Waals surface area contributed by atoms with E-state index in [-0.39, 0.29) is 5.92 Å². The number of rotatable bonds is 2. The van der Waals surface area contributed by atoms with E-state index in [9.17, 15) is 4.79 Å². The normalized spacial score (nSPS) is 13.0. The second kappa shape index (κ2) is 2.97. The Bertz CT molecular complexity index is 227. The van der Waals surface area contributed by atoms with Gasteiger partial charge in [-0.05, 0) is 19.1 Å². The number of aldehydes is 1. The van der Waals surface area contributed by atoms with Crippen LogP contribution in [-0.2, 0) is 4.79 Å². The molecule has 2 heteroatoms. The fourth-order valence-electron chi connectivity index (χ4n) is 0.765. The maximum Gasteiger partial charge on any atom is 0.127 e. The molecule has 1 aromatic heterocycles. The van der Waals surface area contributed by atoms with Crippen LogP contribution in [0.2, 0.25) is 0 Å². The molecule has 1 atom stereocenters. The predicted octanol–water partition coefficient (Wildman–Crippen LogP) is 2.36. The van der Waals surface area contributed by atoms with Crippen molar-refractivity contribution in [1.29, 1.82) is 0 Å². The Labute approximate surface area is 64.7 Å². The van der Waals surface area contributed by atoms with E-state index >= 15 is 0 Å². The summed E-state index contributed by atoms with van der Waals surface area (Å²) in [4.78, 5) is 12.7. The summed E-state index contributed by atoms with van der Waals surface area (Å²) >= 11 is 1.69. The smallest absolute Gasteiger partial charge is 0.127 e. The third kappa shape index (κ3) is 1.45. The molecule has 0 bridgehead atoms. The lowest BCUT2D eigenvalue weighted by molar-refractivity contribution is -0.108. The first kappa shape index (κ1) is 7.48. The second-order valence-corrected chi connectivity index (χ2v) is 3.69. The van der Waals surface area contributed by atoms with Crippen LogP contribution in [0, 0.1) is 6.92 Å². The number of aryl methyl sites for hydroxylation is 1. The summed E-state index contributed by atoms with van der Waals surface area (Å²) in [6.07, 6.45) is 0.977. The lowest BCUT2D eigenvalue weighted by atomic mass is 10.2. The molecule has 0 saturated carbocycles. The third-order valence-electron chi connectivity index (χ3n) is 1.41. The minimum atomic E-state index is 0.0682. The summed E-state index contributed by atoms with van der Waals surface area (Å²) in [5.41, 5.74) is 0. The zero-order valence-corrected chi connectivity index (χ0v) is 6.94. The van der Waals surface area contributed by atoms with Crippen molar-refractivity contribution in [2.24, 2.45) is 0 Å². The molecule has 0 radical (unpaired) electrons. The van der Waals surface area contributed by atoms with Crippen LogP contribution >= 0.6 is 11.3 Å². The fraction of sp³-hybridized carbons (Fsp3) is 0.375. The Hall–Kier alpha value is -0.630. The van der Waals surface area contributed by atoms with Crippen LogP contribution in [0.3, 0.4) is 0 Å². The number of thiophene rings is 1. The molecule has 1 nitrogen and oxygen atoms in total. The summed E-state index contributed by atoms with van der Waals surface area (Å²) in [6, 6.07) is 4.05. The lowest BCUT2D eigenvalue weighted by Crippen LogP contribution is -1.88. The average molecular weight is 154 g/mol. The summed E-state index contributed by atoms with van der Waals surface area (Å²) in [5.74, 6) is 0.0682. The van der Waals surface area contributed by atoms with Crippen LogP contribution in [0.5, 0.6) is 0 Å². The summed E-state index contributed by atoms with van der Waals surface area (Å²) in [6.45, 7) is 3.96. The maximum atomic E-state index is 10.3. The molecule has 1 unspecified atom stereocenters. The molecule has 1 rings (SSSR count). The highest BCUT2D eigenvalue weighted by molar-refractivity contribution is 7.12. The van der Waals surface area contributed by atoms with E-state index < -0.39 is 0 Å². The Balaban J connectivity index is 2.84. The van der Waals surface area contributed by atoms with Gasteiger partial charge in [0.25, 0.3) is 0 Å². The largest absolute Gasteiger partial charge is 0.303 e. The van der Waals surface area contributed by atoms with Crippen molar-refractivity contribution in [3.63, 3.8) is 0 Å². The molecule has 0 aliphatic rings. The van der Waals surface area contributed by atoms with Gasteiger partial charge in [-0.25, -0.2) is 0 Å². The molecule has 0 aliphatic heterocycles. The van der Waals surface area contributed by atoms with Crippen LogP contribution in [0.15, 0.2) is 12.1 Å². The Morgan fingerprint density at radius 1 is 1.60 bits per heavy atom. The van der Waals surface area contributed by atoms with Crippen molar-refractivity contribution in [3.8, 4) is 0 Å². The second-order valence-electron chi connectivity index (χ2n) is 2.37. The molecule has 10 heavy (non-hydrogen) atoms. The highest BCUT2D eigenvalue weighted by Gasteiger charge is 2.04. The van der Waals surface area contributed by atoms with E-state index in [2.05, 4.69) is 0 Å². The van der Waals surface area contributed by atoms with Gasteiger partial charge in [0, 0.05) is 15.7 Å². The van der Waals surface area contributed by atoms with Crippen molar-refractivity contribution < 1.29 is 4.79 Å². The molecule has 0 aliphatic carbocycles. The molecule has 0 aromatic carbocycles. The maximum absolute atomic E-state index is 10.3. The quantitative estimate of drug-likeness (QED) is 0.598. The lowest BCUT2D eigenvalue weighted by Gasteiger charge is -1.95. The molecule has 0 saturated heterocycles. The Morgan fingerprint density at radius 2 is 2.30 bits per heavy atom. The molecule has 0 fully saturated rings. The highest BCUT2D eigenvalue weighted by Crippen LogP contribution is 2.22. The first-order valence-electron chi connectivity index (χ1n) is 3.25. The Morgan fingerprint density at radius 3 is 2.70 bits per heavy atom. The van der Waals surface area contributed by atoms with Gasteiger partial charge in [0.2, 0.25) is 0 Å². The third-order valence-corrected chi connectivity index (χ3v) is 2.62. The van der Waals surface area contributed by atoms with Gasteiger partial charge in [0.15, 0.2) is 0 Å². The van der Waals surface area contributed by atoms with Gasteiger partial charge < -0.3 is 4.79 Å². The van der Waals surface area contributed by atoms with E-state index in [1.807, 2.05) is 26.0 Å². The van der Waals surface area contributed by atoms with E-state index in [0.29, 0.717) is 0 Å². The Kier molecular flexibility index (Phi) is 2.22. The van der Waals surface area contributed by atoms with Gasteiger partial charge in [0.05, 0.1) is 0 Å². The highest BCUT2D eigenvalue weighted by atomic mass is 32.1. The molecular formula is C8H10OS. The number of carbonyl (C=O) groups excluding carboxylic acids is 1. The molecular weight excluding hydrogens is 144 g/mol. The first-order chi connectivity index (χ1) is 4.74. The summed E-state index contributed by atoms with van der Waals surface area (Å²) in [5, 5.41) is 0. The molecule has 0 N–H and O–H groups in total. The zero-order chi connectivity index (χ0) is 7.56. The van der Waals surface area contributed by atoms with Crippen LogP contribution in [0.25, 0.3) is 0 Å². The predicted molar refractivity (Wildman–Crippen MR) is 43.5 cm³/mol. The van der Waals surface area contributed by atoms with Gasteiger partial charge in [0.1, 0.15) is 6.29 Å². The van der Waals surface area contributed by atoms with E-state index in [1.54, 1.807) is 11.3 Å². The number of hydrogen-bond acceptors (Lipinski definition) is 2.